The summed E-state index contributed by atoms with van der Waals surface area (Å²) in [7, 11) is 4.30. The molecule has 2 aromatic carbocycles. The van der Waals surface area contributed by atoms with Crippen LogP contribution in [0.1, 0.15) is 17.3 Å². The first-order valence-corrected chi connectivity index (χ1v) is 8.83. The van der Waals surface area contributed by atoms with E-state index in [2.05, 4.69) is 5.32 Å². The van der Waals surface area contributed by atoms with Crippen molar-refractivity contribution in [1.82, 2.24) is 0 Å². The first-order chi connectivity index (χ1) is 13.3. The van der Waals surface area contributed by atoms with Gasteiger partial charge in [-0.3, -0.25) is 4.79 Å². The smallest absolute Gasteiger partial charge is 0.339 e. The second-order valence-corrected chi connectivity index (χ2v) is 6.42. The van der Waals surface area contributed by atoms with Crippen molar-refractivity contribution in [1.29, 1.82) is 0 Å². The van der Waals surface area contributed by atoms with E-state index in [-0.39, 0.29) is 16.3 Å². The summed E-state index contributed by atoms with van der Waals surface area (Å²) in [4.78, 5) is 24.8. The van der Waals surface area contributed by atoms with Crippen molar-refractivity contribution in [3.63, 3.8) is 0 Å². The van der Waals surface area contributed by atoms with E-state index in [9.17, 15) is 9.59 Å². The number of methoxy groups -OCH3 is 3. The number of halogens is 2. The van der Waals surface area contributed by atoms with Gasteiger partial charge < -0.3 is 24.3 Å². The molecular formula is C19H19Cl2NO6. The van der Waals surface area contributed by atoms with Gasteiger partial charge >= 0.3 is 5.97 Å². The van der Waals surface area contributed by atoms with E-state index in [1.807, 2.05) is 0 Å². The number of nitrogens with one attached hydrogen (secondary N) is 1. The Morgan fingerprint density at radius 3 is 2.25 bits per heavy atom. The van der Waals surface area contributed by atoms with Crippen molar-refractivity contribution in [3.05, 3.63) is 45.9 Å². The van der Waals surface area contributed by atoms with Crippen LogP contribution in [0.15, 0.2) is 30.3 Å². The second-order valence-electron chi connectivity index (χ2n) is 5.57. The van der Waals surface area contributed by atoms with Crippen molar-refractivity contribution < 1.29 is 28.5 Å². The van der Waals surface area contributed by atoms with Gasteiger partial charge in [-0.15, -0.1) is 0 Å². The zero-order valence-corrected chi connectivity index (χ0v) is 17.2. The Hall–Kier alpha value is -2.64. The lowest BCUT2D eigenvalue weighted by atomic mass is 10.2. The summed E-state index contributed by atoms with van der Waals surface area (Å²) in [6, 6.07) is 7.55. The minimum absolute atomic E-state index is 0.114. The van der Waals surface area contributed by atoms with Crippen LogP contribution in [-0.2, 0) is 9.53 Å². The molecule has 0 saturated carbocycles. The molecule has 0 bridgehead atoms. The van der Waals surface area contributed by atoms with Gasteiger partial charge in [-0.25, -0.2) is 4.79 Å². The third kappa shape index (κ3) is 4.99. The molecule has 2 rings (SSSR count). The highest BCUT2D eigenvalue weighted by atomic mass is 35.5. The quantitative estimate of drug-likeness (QED) is 0.666. The molecule has 0 radical (unpaired) electrons. The Morgan fingerprint density at radius 2 is 1.64 bits per heavy atom. The lowest BCUT2D eigenvalue weighted by molar-refractivity contribution is -0.123. The Morgan fingerprint density at radius 1 is 0.964 bits per heavy atom. The zero-order chi connectivity index (χ0) is 20.8. The third-order valence-electron chi connectivity index (χ3n) is 3.74. The van der Waals surface area contributed by atoms with Crippen molar-refractivity contribution in [3.8, 4) is 17.2 Å². The van der Waals surface area contributed by atoms with Crippen LogP contribution in [0, 0.1) is 0 Å². The molecule has 0 aliphatic carbocycles. The minimum Gasteiger partial charge on any atom is -0.495 e. The van der Waals surface area contributed by atoms with Gasteiger partial charge in [0.2, 0.25) is 0 Å². The summed E-state index contributed by atoms with van der Waals surface area (Å²) < 4.78 is 20.7. The molecule has 1 atom stereocenters. The molecule has 0 saturated heterocycles. The van der Waals surface area contributed by atoms with Crippen molar-refractivity contribution in [2.75, 3.05) is 26.6 Å². The van der Waals surface area contributed by atoms with Gasteiger partial charge in [0.1, 0.15) is 5.75 Å². The summed E-state index contributed by atoms with van der Waals surface area (Å²) in [6.45, 7) is 1.44. The van der Waals surface area contributed by atoms with Crippen LogP contribution in [0.4, 0.5) is 5.69 Å². The first-order valence-electron chi connectivity index (χ1n) is 8.07. The third-order valence-corrected chi connectivity index (χ3v) is 4.26. The van der Waals surface area contributed by atoms with E-state index >= 15 is 0 Å². The summed E-state index contributed by atoms with van der Waals surface area (Å²) in [5.74, 6) is -0.325. The number of esters is 1. The van der Waals surface area contributed by atoms with Crippen LogP contribution in [0.5, 0.6) is 17.2 Å². The minimum atomic E-state index is -1.09. The van der Waals surface area contributed by atoms with Crippen LogP contribution in [0.3, 0.4) is 0 Å². The van der Waals surface area contributed by atoms with Gasteiger partial charge in [-0.05, 0) is 37.3 Å². The number of ether oxygens (including phenoxy) is 4. The van der Waals surface area contributed by atoms with Crippen molar-refractivity contribution >= 4 is 40.8 Å². The van der Waals surface area contributed by atoms with Crippen LogP contribution < -0.4 is 19.5 Å². The van der Waals surface area contributed by atoms with Crippen LogP contribution in [0.2, 0.25) is 10.0 Å². The van der Waals surface area contributed by atoms with E-state index in [4.69, 9.17) is 42.1 Å². The average molecular weight is 428 g/mol. The summed E-state index contributed by atoms with van der Waals surface area (Å²) in [5, 5.41) is 3.21. The second kappa shape index (κ2) is 9.52. The Labute approximate surface area is 172 Å². The molecular weight excluding hydrogens is 409 g/mol. The molecule has 0 spiro atoms. The van der Waals surface area contributed by atoms with Gasteiger partial charge in [0, 0.05) is 5.02 Å². The number of hydrogen-bond donors (Lipinski definition) is 1. The molecule has 1 unspecified atom stereocenters. The lowest BCUT2D eigenvalue weighted by Gasteiger charge is -2.16. The molecule has 1 N–H and O–H groups in total. The highest BCUT2D eigenvalue weighted by molar-refractivity contribution is 6.32. The Kier molecular flexibility index (Phi) is 7.37. The van der Waals surface area contributed by atoms with Gasteiger partial charge in [0.05, 0.1) is 37.6 Å². The molecule has 0 aliphatic heterocycles. The monoisotopic (exact) mass is 427 g/mol. The molecule has 0 aliphatic rings. The fourth-order valence-corrected chi connectivity index (χ4v) is 2.79. The highest BCUT2D eigenvalue weighted by Gasteiger charge is 2.22. The van der Waals surface area contributed by atoms with E-state index in [0.29, 0.717) is 22.2 Å². The number of hydrogen-bond acceptors (Lipinski definition) is 6. The molecule has 0 aromatic heterocycles. The standard InChI is InChI=1S/C19H19Cl2NO6/c1-10(18(23)22-14-9-12(20)5-6-15(14)25-2)28-19(24)11-7-13(21)17(27-4)16(8-11)26-3/h5-10H,1-4H3,(H,22,23). The SMILES string of the molecule is COc1ccc(Cl)cc1NC(=O)C(C)OC(=O)c1cc(Cl)c(OC)c(OC)c1. The van der Waals surface area contributed by atoms with Gasteiger partial charge in [-0.2, -0.15) is 0 Å². The number of carbonyl (C=O) groups is 2. The molecule has 9 heteroatoms. The summed E-state index contributed by atoms with van der Waals surface area (Å²) >= 11 is 12.0. The van der Waals surface area contributed by atoms with Gasteiger partial charge in [0.25, 0.3) is 5.91 Å². The summed E-state index contributed by atoms with van der Waals surface area (Å²) in [5.41, 5.74) is 0.472. The predicted molar refractivity (Wildman–Crippen MR) is 106 cm³/mol. The molecule has 7 nitrogen and oxygen atoms in total. The van der Waals surface area contributed by atoms with Crippen LogP contribution >= 0.6 is 23.2 Å². The van der Waals surface area contributed by atoms with E-state index < -0.39 is 18.0 Å². The van der Waals surface area contributed by atoms with Crippen molar-refractivity contribution in [2.45, 2.75) is 13.0 Å². The van der Waals surface area contributed by atoms with Crippen molar-refractivity contribution in [2.24, 2.45) is 0 Å². The first kappa shape index (κ1) is 21.7. The number of amides is 1. The number of carbonyl (C=O) groups excluding carboxylic acids is 2. The molecule has 0 fully saturated rings. The number of benzene rings is 2. The maximum absolute atomic E-state index is 12.4. The predicted octanol–water partition coefficient (Wildman–Crippen LogP) is 4.20. The largest absolute Gasteiger partial charge is 0.495 e. The normalized spacial score (nSPS) is 11.4. The van der Waals surface area contributed by atoms with E-state index in [0.717, 1.165) is 0 Å². The highest BCUT2D eigenvalue weighted by Crippen LogP contribution is 2.36. The topological polar surface area (TPSA) is 83.1 Å². The molecule has 2 aromatic rings. The van der Waals surface area contributed by atoms with Crippen LogP contribution in [0.25, 0.3) is 0 Å². The maximum atomic E-state index is 12.4. The molecule has 0 heterocycles. The zero-order valence-electron chi connectivity index (χ0n) is 15.7. The fourth-order valence-electron chi connectivity index (χ4n) is 2.33. The van der Waals surface area contributed by atoms with E-state index in [1.165, 1.54) is 46.5 Å². The summed E-state index contributed by atoms with van der Waals surface area (Å²) in [6.07, 6.45) is -1.09. The fraction of sp³-hybridized carbons (Fsp3) is 0.263. The lowest BCUT2D eigenvalue weighted by Crippen LogP contribution is -2.30. The number of anilines is 1. The Bertz CT molecular complexity index is 887. The maximum Gasteiger partial charge on any atom is 0.339 e. The van der Waals surface area contributed by atoms with Crippen LogP contribution in [-0.4, -0.2) is 39.3 Å². The number of rotatable bonds is 7. The molecule has 1 amide bonds. The average Bonchev–Trinajstić information content (AvgIpc) is 2.67. The molecule has 150 valence electrons. The molecule has 28 heavy (non-hydrogen) atoms. The van der Waals surface area contributed by atoms with Gasteiger partial charge in [0.15, 0.2) is 17.6 Å². The Balaban J connectivity index is 2.13. The van der Waals surface area contributed by atoms with E-state index in [1.54, 1.807) is 12.1 Å². The van der Waals surface area contributed by atoms with Gasteiger partial charge in [-0.1, -0.05) is 23.2 Å².